The number of nitrogens with one attached hydrogen (secondary N) is 1. The van der Waals surface area contributed by atoms with Gasteiger partial charge in [0.05, 0.1) is 27.9 Å². The Morgan fingerprint density at radius 3 is 2.86 bits per heavy atom. The minimum atomic E-state index is -0.708. The molecule has 8 heteroatoms. The van der Waals surface area contributed by atoms with Gasteiger partial charge >= 0.3 is 0 Å². The van der Waals surface area contributed by atoms with Crippen molar-refractivity contribution in [2.45, 2.75) is 6.92 Å². The maximum absolute atomic E-state index is 13.1. The van der Waals surface area contributed by atoms with Crippen LogP contribution in [0.1, 0.15) is 15.9 Å². The monoisotopic (exact) mass is 309 g/mol. The number of halogens is 2. The first-order valence-electron chi connectivity index (χ1n) is 5.76. The third-order valence-corrected chi connectivity index (χ3v) is 3.10. The largest absolute Gasteiger partial charge is 0.321 e. The number of carbonyl (C=O) groups excluding carboxylic acids is 1. The molecule has 2 aromatic rings. The second kappa shape index (κ2) is 5.84. The number of nitrogens with zero attached hydrogens (tertiary/aromatic N) is 2. The van der Waals surface area contributed by atoms with E-state index in [1.54, 1.807) is 0 Å². The Morgan fingerprint density at radius 1 is 1.48 bits per heavy atom. The first-order chi connectivity index (χ1) is 9.90. The molecule has 6 nitrogen and oxygen atoms in total. The van der Waals surface area contributed by atoms with Crippen LogP contribution in [0.25, 0.3) is 0 Å². The fraction of sp³-hybridized carbons (Fsp3) is 0.0769. The molecule has 108 valence electrons. The van der Waals surface area contributed by atoms with E-state index in [0.29, 0.717) is 0 Å². The number of aromatic nitrogens is 1. The van der Waals surface area contributed by atoms with Crippen molar-refractivity contribution in [1.82, 2.24) is 4.98 Å². The first kappa shape index (κ1) is 14.9. The average molecular weight is 310 g/mol. The zero-order valence-corrected chi connectivity index (χ0v) is 11.5. The van der Waals surface area contributed by atoms with E-state index in [4.69, 9.17) is 11.6 Å². The number of nitro groups is 1. The molecule has 0 aliphatic carbocycles. The minimum Gasteiger partial charge on any atom is -0.321 e. The molecule has 1 amide bonds. The second-order valence-electron chi connectivity index (χ2n) is 4.15. The van der Waals surface area contributed by atoms with Crippen molar-refractivity contribution in [3.63, 3.8) is 0 Å². The van der Waals surface area contributed by atoms with E-state index >= 15 is 0 Å². The Kier molecular flexibility index (Phi) is 4.13. The number of carbonyl (C=O) groups is 1. The number of anilines is 1. The summed E-state index contributed by atoms with van der Waals surface area (Å²) in [6.07, 6.45) is 0.887. The van der Waals surface area contributed by atoms with Gasteiger partial charge in [-0.15, -0.1) is 0 Å². The van der Waals surface area contributed by atoms with Crippen LogP contribution in [0.5, 0.6) is 0 Å². The quantitative estimate of drug-likeness (QED) is 0.535. The number of rotatable bonds is 3. The lowest BCUT2D eigenvalue weighted by atomic mass is 10.1. The van der Waals surface area contributed by atoms with Crippen LogP contribution in [-0.2, 0) is 0 Å². The van der Waals surface area contributed by atoms with E-state index in [0.717, 1.165) is 12.3 Å². The van der Waals surface area contributed by atoms with Crippen LogP contribution in [0.3, 0.4) is 0 Å². The van der Waals surface area contributed by atoms with Crippen LogP contribution in [-0.4, -0.2) is 15.8 Å². The molecule has 2 rings (SSSR count). The summed E-state index contributed by atoms with van der Waals surface area (Å²) in [6.45, 7) is 1.50. The van der Waals surface area contributed by atoms with Crippen molar-refractivity contribution >= 4 is 28.9 Å². The van der Waals surface area contributed by atoms with Gasteiger partial charge in [-0.25, -0.2) is 9.37 Å². The van der Waals surface area contributed by atoms with Gasteiger partial charge in [-0.1, -0.05) is 17.7 Å². The summed E-state index contributed by atoms with van der Waals surface area (Å²) < 4.78 is 13.1. The molecule has 0 aliphatic rings. The molecule has 1 heterocycles. The van der Waals surface area contributed by atoms with Crippen LogP contribution in [0, 0.1) is 22.9 Å². The predicted molar refractivity (Wildman–Crippen MR) is 75.0 cm³/mol. The molecule has 0 saturated heterocycles. The maximum atomic E-state index is 13.1. The third-order valence-electron chi connectivity index (χ3n) is 2.80. The fourth-order valence-electron chi connectivity index (χ4n) is 1.73. The van der Waals surface area contributed by atoms with Gasteiger partial charge in [0.1, 0.15) is 11.0 Å². The Morgan fingerprint density at radius 2 is 2.19 bits per heavy atom. The fourth-order valence-corrected chi connectivity index (χ4v) is 1.92. The van der Waals surface area contributed by atoms with Crippen LogP contribution in [0.15, 0.2) is 30.5 Å². The van der Waals surface area contributed by atoms with E-state index < -0.39 is 16.6 Å². The van der Waals surface area contributed by atoms with Crippen LogP contribution < -0.4 is 5.32 Å². The first-order valence-corrected chi connectivity index (χ1v) is 6.14. The number of benzene rings is 1. The van der Waals surface area contributed by atoms with Gasteiger partial charge in [0, 0.05) is 6.07 Å². The third kappa shape index (κ3) is 3.14. The molecule has 0 fully saturated rings. The van der Waals surface area contributed by atoms with Gasteiger partial charge in [0.15, 0.2) is 0 Å². The molecule has 0 spiro atoms. The van der Waals surface area contributed by atoms with E-state index in [-0.39, 0.29) is 27.7 Å². The second-order valence-corrected chi connectivity index (χ2v) is 4.51. The maximum Gasteiger partial charge on any atom is 0.274 e. The van der Waals surface area contributed by atoms with Crippen LogP contribution >= 0.6 is 11.6 Å². The molecule has 1 aromatic carbocycles. The number of hydrogen-bond acceptors (Lipinski definition) is 4. The zero-order chi connectivity index (χ0) is 15.6. The minimum absolute atomic E-state index is 0.128. The van der Waals surface area contributed by atoms with Gasteiger partial charge in [-0.3, -0.25) is 14.9 Å². The molecule has 21 heavy (non-hydrogen) atoms. The van der Waals surface area contributed by atoms with Gasteiger partial charge in [0.25, 0.3) is 11.6 Å². The molecule has 0 radical (unpaired) electrons. The Hall–Kier alpha value is -2.54. The lowest BCUT2D eigenvalue weighted by molar-refractivity contribution is -0.385. The van der Waals surface area contributed by atoms with Crippen molar-refractivity contribution in [3.8, 4) is 0 Å². The molecular formula is C13H9ClFN3O3. The summed E-state index contributed by atoms with van der Waals surface area (Å²) in [6, 6.07) is 5.20. The molecule has 1 N–H and O–H groups in total. The molecule has 0 bridgehead atoms. The topological polar surface area (TPSA) is 85.1 Å². The molecular weight excluding hydrogens is 301 g/mol. The lowest BCUT2D eigenvalue weighted by Gasteiger charge is -2.09. The predicted octanol–water partition coefficient (Wildman–Crippen LogP) is 3.34. The number of nitro benzene ring substituents is 1. The summed E-state index contributed by atoms with van der Waals surface area (Å²) in [5.41, 5.74) is 0.254. The average Bonchev–Trinajstić information content (AvgIpc) is 2.43. The van der Waals surface area contributed by atoms with Crippen molar-refractivity contribution in [1.29, 1.82) is 0 Å². The highest BCUT2D eigenvalue weighted by atomic mass is 35.5. The van der Waals surface area contributed by atoms with Gasteiger partial charge < -0.3 is 5.32 Å². The summed E-state index contributed by atoms with van der Waals surface area (Å²) >= 11 is 5.73. The highest BCUT2D eigenvalue weighted by Crippen LogP contribution is 2.26. The van der Waals surface area contributed by atoms with Crippen molar-refractivity contribution in [2.75, 3.05) is 5.32 Å². The number of hydrogen-bond donors (Lipinski definition) is 1. The van der Waals surface area contributed by atoms with E-state index in [9.17, 15) is 19.3 Å². The summed E-state index contributed by atoms with van der Waals surface area (Å²) in [5, 5.41) is 13.1. The summed E-state index contributed by atoms with van der Waals surface area (Å²) in [5.74, 6) is -1.41. The molecule has 0 aliphatic heterocycles. The van der Waals surface area contributed by atoms with Crippen molar-refractivity contribution in [3.05, 3.63) is 62.7 Å². The van der Waals surface area contributed by atoms with Gasteiger partial charge in [0.2, 0.25) is 0 Å². The van der Waals surface area contributed by atoms with Gasteiger partial charge in [-0.05, 0) is 19.1 Å². The van der Waals surface area contributed by atoms with Crippen LogP contribution in [0.2, 0.25) is 5.15 Å². The normalized spacial score (nSPS) is 10.2. The highest BCUT2D eigenvalue weighted by Gasteiger charge is 2.17. The van der Waals surface area contributed by atoms with E-state index in [1.807, 2.05) is 0 Å². The standard InChI is InChI=1S/C13H9ClFN3O3/c1-7-10(3-2-4-11(7)18(20)21)17-13(19)9-5-8(15)6-16-12(9)14/h2-6H,1H3,(H,17,19). The summed E-state index contributed by atoms with van der Waals surface area (Å²) in [7, 11) is 0. The van der Waals surface area contributed by atoms with E-state index in [1.165, 1.54) is 25.1 Å². The molecule has 0 saturated carbocycles. The Balaban J connectivity index is 2.34. The Labute approximate surface area is 123 Å². The van der Waals surface area contributed by atoms with Gasteiger partial charge in [-0.2, -0.15) is 0 Å². The van der Waals surface area contributed by atoms with Crippen molar-refractivity contribution < 1.29 is 14.1 Å². The van der Waals surface area contributed by atoms with Crippen LogP contribution in [0.4, 0.5) is 15.8 Å². The number of amides is 1. The number of pyridine rings is 1. The molecule has 1 aromatic heterocycles. The lowest BCUT2D eigenvalue weighted by Crippen LogP contribution is -2.14. The van der Waals surface area contributed by atoms with Crippen molar-refractivity contribution in [2.24, 2.45) is 0 Å². The molecule has 0 atom stereocenters. The highest BCUT2D eigenvalue weighted by molar-refractivity contribution is 6.33. The van der Waals surface area contributed by atoms with E-state index in [2.05, 4.69) is 10.3 Å². The zero-order valence-electron chi connectivity index (χ0n) is 10.8. The smallest absolute Gasteiger partial charge is 0.274 e. The Bertz CT molecular complexity index is 737. The molecule has 0 unspecified atom stereocenters. The SMILES string of the molecule is Cc1c(NC(=O)c2cc(F)cnc2Cl)cccc1[N+](=O)[O-]. The summed E-state index contributed by atoms with van der Waals surface area (Å²) in [4.78, 5) is 25.9.